The molecule has 0 aliphatic heterocycles. The minimum atomic E-state index is -0.546. The monoisotopic (exact) mass is 340 g/mol. The smallest absolute Gasteiger partial charge is 0.291 e. The van der Waals surface area contributed by atoms with Crippen LogP contribution < -0.4 is 5.32 Å². The Hall–Kier alpha value is -3.55. The molecule has 25 heavy (non-hydrogen) atoms. The third kappa shape index (κ3) is 2.85. The summed E-state index contributed by atoms with van der Waals surface area (Å²) in [6.45, 7) is 0. The number of aromatic nitrogens is 3. The van der Waals surface area contributed by atoms with Gasteiger partial charge in [0.1, 0.15) is 17.5 Å². The highest BCUT2D eigenvalue weighted by Crippen LogP contribution is 2.26. The molecule has 1 amide bonds. The summed E-state index contributed by atoms with van der Waals surface area (Å²) in [5.41, 5.74) is 1.09. The van der Waals surface area contributed by atoms with Crippen LogP contribution in [0.4, 0.5) is 14.5 Å². The number of nitrogens with one attached hydrogen (secondary N) is 2. The Morgan fingerprint density at radius 3 is 2.88 bits per heavy atom. The summed E-state index contributed by atoms with van der Waals surface area (Å²) in [5.74, 6) is -1.22. The number of pyridine rings is 1. The van der Waals surface area contributed by atoms with Crippen molar-refractivity contribution in [1.29, 1.82) is 0 Å². The molecular weight excluding hydrogens is 330 g/mol. The lowest BCUT2D eigenvalue weighted by Crippen LogP contribution is -2.11. The third-order valence-electron chi connectivity index (χ3n) is 3.53. The normalized spacial score (nSPS) is 11.0. The van der Waals surface area contributed by atoms with Crippen LogP contribution in [0.1, 0.15) is 10.6 Å². The zero-order chi connectivity index (χ0) is 17.4. The Labute approximate surface area is 139 Å². The van der Waals surface area contributed by atoms with Crippen molar-refractivity contribution < 1.29 is 18.0 Å². The van der Waals surface area contributed by atoms with Gasteiger partial charge in [-0.05, 0) is 30.3 Å². The van der Waals surface area contributed by atoms with Crippen LogP contribution in [-0.4, -0.2) is 20.9 Å². The highest BCUT2D eigenvalue weighted by Gasteiger charge is 2.14. The number of amides is 1. The van der Waals surface area contributed by atoms with Crippen molar-refractivity contribution in [2.24, 2.45) is 0 Å². The van der Waals surface area contributed by atoms with E-state index in [1.165, 1.54) is 36.6 Å². The lowest BCUT2D eigenvalue weighted by Gasteiger charge is -2.06. The van der Waals surface area contributed by atoms with E-state index in [0.717, 1.165) is 6.20 Å². The molecule has 0 bridgehead atoms. The second kappa shape index (κ2) is 5.82. The van der Waals surface area contributed by atoms with Crippen molar-refractivity contribution in [1.82, 2.24) is 15.0 Å². The predicted molar refractivity (Wildman–Crippen MR) is 85.9 cm³/mol. The number of H-pyrrole nitrogens is 1. The van der Waals surface area contributed by atoms with E-state index in [1.807, 2.05) is 0 Å². The molecule has 3 heterocycles. The summed E-state index contributed by atoms with van der Waals surface area (Å²) >= 11 is 0. The van der Waals surface area contributed by atoms with E-state index in [1.54, 1.807) is 6.07 Å². The van der Waals surface area contributed by atoms with Crippen LogP contribution in [0.15, 0.2) is 53.3 Å². The molecule has 124 valence electrons. The minimum absolute atomic E-state index is 0.121. The largest absolute Gasteiger partial charge is 0.459 e. The molecule has 6 nitrogen and oxygen atoms in total. The Bertz CT molecular complexity index is 1070. The first-order chi connectivity index (χ1) is 12.1. The lowest BCUT2D eigenvalue weighted by atomic mass is 10.1. The van der Waals surface area contributed by atoms with Gasteiger partial charge in [-0.25, -0.2) is 18.7 Å². The Kier molecular flexibility index (Phi) is 3.50. The number of benzene rings is 1. The molecule has 2 N–H and O–H groups in total. The predicted octanol–water partition coefficient (Wildman–Crippen LogP) is 3.75. The third-order valence-corrected chi connectivity index (χ3v) is 3.53. The van der Waals surface area contributed by atoms with Gasteiger partial charge in [0.15, 0.2) is 11.4 Å². The zero-order valence-corrected chi connectivity index (χ0v) is 12.6. The molecule has 4 rings (SSSR count). The Morgan fingerprint density at radius 1 is 1.20 bits per heavy atom. The van der Waals surface area contributed by atoms with Gasteiger partial charge in [0.05, 0.1) is 23.5 Å². The second-order valence-electron chi connectivity index (χ2n) is 5.24. The number of furan rings is 1. The van der Waals surface area contributed by atoms with Crippen LogP contribution in [0, 0.1) is 11.6 Å². The molecule has 0 aliphatic rings. The number of hydrogen-bond donors (Lipinski definition) is 2. The van der Waals surface area contributed by atoms with E-state index in [4.69, 9.17) is 4.42 Å². The summed E-state index contributed by atoms with van der Waals surface area (Å²) in [7, 11) is 0. The minimum Gasteiger partial charge on any atom is -0.459 e. The molecule has 1 aromatic carbocycles. The maximum atomic E-state index is 14.2. The molecule has 0 radical (unpaired) electrons. The van der Waals surface area contributed by atoms with Gasteiger partial charge in [0.2, 0.25) is 0 Å². The van der Waals surface area contributed by atoms with Gasteiger partial charge in [-0.1, -0.05) is 0 Å². The molecule has 0 atom stereocenters. The van der Waals surface area contributed by atoms with Gasteiger partial charge < -0.3 is 14.7 Å². The molecule has 0 fully saturated rings. The number of imidazole rings is 1. The fourth-order valence-corrected chi connectivity index (χ4v) is 2.39. The van der Waals surface area contributed by atoms with Crippen molar-refractivity contribution in [3.8, 4) is 11.4 Å². The number of anilines is 1. The summed E-state index contributed by atoms with van der Waals surface area (Å²) in [4.78, 5) is 22.8. The number of halogens is 2. The molecule has 4 aromatic rings. The number of carbonyl (C=O) groups is 1. The molecular formula is C17H10F2N4O2. The Morgan fingerprint density at radius 2 is 2.08 bits per heavy atom. The van der Waals surface area contributed by atoms with E-state index in [2.05, 4.69) is 20.3 Å². The summed E-state index contributed by atoms with van der Waals surface area (Å²) < 4.78 is 32.4. The molecule has 0 saturated heterocycles. The van der Waals surface area contributed by atoms with Gasteiger partial charge in [-0.2, -0.15) is 0 Å². The fourth-order valence-electron chi connectivity index (χ4n) is 2.39. The average Bonchev–Trinajstić information content (AvgIpc) is 3.25. The first-order valence-corrected chi connectivity index (χ1v) is 7.26. The first kappa shape index (κ1) is 15.0. The van der Waals surface area contributed by atoms with E-state index in [9.17, 15) is 13.6 Å². The number of carbonyl (C=O) groups excluding carboxylic acids is 1. The van der Waals surface area contributed by atoms with Crippen molar-refractivity contribution >= 4 is 22.8 Å². The van der Waals surface area contributed by atoms with Crippen molar-refractivity contribution in [2.75, 3.05) is 5.32 Å². The molecule has 8 heteroatoms. The maximum Gasteiger partial charge on any atom is 0.291 e. The molecule has 0 unspecified atom stereocenters. The maximum absolute atomic E-state index is 14.2. The lowest BCUT2D eigenvalue weighted by molar-refractivity contribution is 0.0996. The van der Waals surface area contributed by atoms with Crippen LogP contribution in [0.3, 0.4) is 0 Å². The molecule has 3 aromatic heterocycles. The number of nitrogens with zero attached hydrogens (tertiary/aromatic N) is 2. The van der Waals surface area contributed by atoms with Gasteiger partial charge in [0, 0.05) is 11.8 Å². The Balaban J connectivity index is 1.70. The van der Waals surface area contributed by atoms with Gasteiger partial charge in [0.25, 0.3) is 5.91 Å². The molecule has 0 spiro atoms. The summed E-state index contributed by atoms with van der Waals surface area (Å²) in [6, 6.07) is 8.36. The number of fused-ring (bicyclic) bond motifs is 1. The molecule has 0 saturated carbocycles. The highest BCUT2D eigenvalue weighted by molar-refractivity contribution is 6.02. The number of rotatable bonds is 3. The van der Waals surface area contributed by atoms with Crippen LogP contribution in [-0.2, 0) is 0 Å². The van der Waals surface area contributed by atoms with E-state index in [0.29, 0.717) is 11.2 Å². The first-order valence-electron chi connectivity index (χ1n) is 7.26. The average molecular weight is 340 g/mol. The van der Waals surface area contributed by atoms with Crippen LogP contribution in [0.2, 0.25) is 0 Å². The van der Waals surface area contributed by atoms with E-state index < -0.39 is 17.5 Å². The highest BCUT2D eigenvalue weighted by atomic mass is 19.1. The zero-order valence-electron chi connectivity index (χ0n) is 12.6. The van der Waals surface area contributed by atoms with Crippen molar-refractivity contribution in [3.63, 3.8) is 0 Å². The SMILES string of the molecule is O=C(Nc1ccc(F)c(-c2nc3ncc(F)cc3[nH]2)c1)c1ccco1. The van der Waals surface area contributed by atoms with Crippen molar-refractivity contribution in [3.05, 3.63) is 66.3 Å². The summed E-state index contributed by atoms with van der Waals surface area (Å²) in [6.07, 6.45) is 2.41. The number of hydrogen-bond acceptors (Lipinski definition) is 4. The fraction of sp³-hybridized carbons (Fsp3) is 0. The van der Waals surface area contributed by atoms with Gasteiger partial charge in [-0.3, -0.25) is 4.79 Å². The van der Waals surface area contributed by atoms with Gasteiger partial charge in [-0.15, -0.1) is 0 Å². The van der Waals surface area contributed by atoms with E-state index in [-0.39, 0.29) is 22.8 Å². The van der Waals surface area contributed by atoms with Crippen LogP contribution in [0.25, 0.3) is 22.6 Å². The van der Waals surface area contributed by atoms with Crippen molar-refractivity contribution in [2.45, 2.75) is 0 Å². The van der Waals surface area contributed by atoms with Gasteiger partial charge >= 0.3 is 0 Å². The number of aromatic amines is 1. The summed E-state index contributed by atoms with van der Waals surface area (Å²) in [5, 5.41) is 2.61. The van der Waals surface area contributed by atoms with Crippen LogP contribution >= 0.6 is 0 Å². The quantitative estimate of drug-likeness (QED) is 0.595. The molecule has 0 aliphatic carbocycles. The topological polar surface area (TPSA) is 83.8 Å². The standard InChI is InChI=1S/C17H10F2N4O2/c18-9-6-13-16(20-8-9)23-15(22-13)11-7-10(3-4-12(11)19)21-17(24)14-2-1-5-25-14/h1-8H,(H,21,24)(H,20,22,23). The second-order valence-corrected chi connectivity index (χ2v) is 5.24. The van der Waals surface area contributed by atoms with E-state index >= 15 is 0 Å². The van der Waals surface area contributed by atoms with Crippen LogP contribution in [0.5, 0.6) is 0 Å².